The Morgan fingerprint density at radius 2 is 1.89 bits per heavy atom. The summed E-state index contributed by atoms with van der Waals surface area (Å²) in [4.78, 5) is 20.1. The van der Waals surface area contributed by atoms with E-state index in [1.807, 2.05) is 37.1 Å². The highest BCUT2D eigenvalue weighted by molar-refractivity contribution is 5.90. The lowest BCUT2D eigenvalue weighted by Crippen LogP contribution is -2.45. The van der Waals surface area contributed by atoms with Gasteiger partial charge < -0.3 is 14.7 Å². The predicted molar refractivity (Wildman–Crippen MR) is 110 cm³/mol. The fraction of sp³-hybridized carbons (Fsp3) is 0.381. The van der Waals surface area contributed by atoms with Gasteiger partial charge in [0.05, 0.1) is 23.4 Å². The molecule has 1 saturated heterocycles. The minimum absolute atomic E-state index is 0.279. The summed E-state index contributed by atoms with van der Waals surface area (Å²) in [5, 5.41) is 0.919. The second kappa shape index (κ2) is 7.67. The van der Waals surface area contributed by atoms with E-state index < -0.39 is 0 Å². The number of nitrogens with zero attached hydrogens (tertiary/aromatic N) is 6. The number of rotatable bonds is 4. The third kappa shape index (κ3) is 3.75. The first-order chi connectivity index (χ1) is 13.5. The molecule has 2 aromatic heterocycles. The topological polar surface area (TPSA) is 48.4 Å². The van der Waals surface area contributed by atoms with Crippen LogP contribution in [0.5, 0.6) is 0 Å². The van der Waals surface area contributed by atoms with E-state index in [9.17, 15) is 4.39 Å². The number of piperazine rings is 1. The number of likely N-dealkylation sites (N-methyl/N-ethyl adjacent to an activating group) is 1. The highest BCUT2D eigenvalue weighted by Crippen LogP contribution is 2.28. The molecular formula is C21H25FN6. The van der Waals surface area contributed by atoms with Crippen LogP contribution in [-0.2, 0) is 6.54 Å². The third-order valence-corrected chi connectivity index (χ3v) is 5.18. The van der Waals surface area contributed by atoms with Crippen molar-refractivity contribution >= 4 is 22.4 Å². The summed E-state index contributed by atoms with van der Waals surface area (Å²) >= 11 is 0. The molecule has 0 N–H and O–H groups in total. The molecule has 4 rings (SSSR count). The molecule has 0 unspecified atom stereocenters. The average molecular weight is 380 g/mol. The molecule has 7 heteroatoms. The Kier molecular flexibility index (Phi) is 5.09. The summed E-state index contributed by atoms with van der Waals surface area (Å²) < 4.78 is 14.6. The molecule has 1 aromatic carbocycles. The quantitative estimate of drug-likeness (QED) is 0.694. The number of fused-ring (bicyclic) bond motifs is 1. The molecule has 0 atom stereocenters. The summed E-state index contributed by atoms with van der Waals surface area (Å²) in [6.07, 6.45) is 1.69. The van der Waals surface area contributed by atoms with Gasteiger partial charge in [0.15, 0.2) is 0 Å². The first-order valence-electron chi connectivity index (χ1n) is 9.53. The van der Waals surface area contributed by atoms with Crippen molar-refractivity contribution in [2.45, 2.75) is 13.5 Å². The minimum Gasteiger partial charge on any atom is -0.365 e. The van der Waals surface area contributed by atoms with Gasteiger partial charge in [-0.2, -0.15) is 0 Å². The average Bonchev–Trinajstić information content (AvgIpc) is 2.68. The van der Waals surface area contributed by atoms with Crippen LogP contribution >= 0.6 is 0 Å². The first kappa shape index (κ1) is 18.6. The van der Waals surface area contributed by atoms with Crippen LogP contribution in [-0.4, -0.2) is 60.1 Å². The van der Waals surface area contributed by atoms with Crippen molar-refractivity contribution in [1.82, 2.24) is 19.9 Å². The molecule has 146 valence electrons. The highest BCUT2D eigenvalue weighted by atomic mass is 19.1. The summed E-state index contributed by atoms with van der Waals surface area (Å²) in [7, 11) is 4.01. The number of pyridine rings is 1. The molecule has 0 spiro atoms. The van der Waals surface area contributed by atoms with Crippen molar-refractivity contribution in [3.63, 3.8) is 0 Å². The van der Waals surface area contributed by atoms with Crippen LogP contribution in [0.1, 0.15) is 11.5 Å². The van der Waals surface area contributed by atoms with Crippen LogP contribution in [0.25, 0.3) is 10.9 Å². The standard InChI is InChI=1S/C21H25FN6/c1-15-24-17(13-19(25-15)28-11-9-26(2)10-12-28)14-27(3)21-18(22)7-6-16-5-4-8-23-20(16)21/h4-8,13H,9-12,14H2,1-3H3. The van der Waals surface area contributed by atoms with Crippen LogP contribution < -0.4 is 9.80 Å². The number of halogens is 1. The van der Waals surface area contributed by atoms with Gasteiger partial charge in [-0.3, -0.25) is 4.98 Å². The van der Waals surface area contributed by atoms with Crippen molar-refractivity contribution in [2.75, 3.05) is 50.1 Å². The lowest BCUT2D eigenvalue weighted by Gasteiger charge is -2.33. The summed E-state index contributed by atoms with van der Waals surface area (Å²) in [6.45, 7) is 6.32. The van der Waals surface area contributed by atoms with Crippen molar-refractivity contribution in [2.24, 2.45) is 0 Å². The largest absolute Gasteiger partial charge is 0.365 e. The monoisotopic (exact) mass is 380 g/mol. The van der Waals surface area contributed by atoms with Crippen molar-refractivity contribution in [1.29, 1.82) is 0 Å². The number of benzene rings is 1. The molecule has 0 aliphatic carbocycles. The molecule has 0 saturated carbocycles. The maximum atomic E-state index is 14.6. The molecule has 0 amide bonds. The molecule has 1 aliphatic heterocycles. The molecule has 3 heterocycles. The van der Waals surface area contributed by atoms with E-state index in [2.05, 4.69) is 31.8 Å². The first-order valence-corrected chi connectivity index (χ1v) is 9.53. The number of aromatic nitrogens is 3. The Morgan fingerprint density at radius 3 is 2.68 bits per heavy atom. The van der Waals surface area contributed by atoms with Gasteiger partial charge >= 0.3 is 0 Å². The molecule has 1 fully saturated rings. The maximum Gasteiger partial charge on any atom is 0.148 e. The second-order valence-corrected chi connectivity index (χ2v) is 7.38. The Hall–Kier alpha value is -2.80. The number of anilines is 2. The zero-order chi connectivity index (χ0) is 19.7. The summed E-state index contributed by atoms with van der Waals surface area (Å²) in [5.41, 5.74) is 2.03. The zero-order valence-corrected chi connectivity index (χ0v) is 16.6. The zero-order valence-electron chi connectivity index (χ0n) is 16.6. The predicted octanol–water partition coefficient (Wildman–Crippen LogP) is 2.86. The molecule has 0 radical (unpaired) electrons. The molecule has 3 aromatic rings. The van der Waals surface area contributed by atoms with Gasteiger partial charge in [-0.25, -0.2) is 14.4 Å². The van der Waals surface area contributed by atoms with Crippen molar-refractivity contribution in [3.05, 3.63) is 53.9 Å². The normalized spacial score (nSPS) is 15.2. The van der Waals surface area contributed by atoms with E-state index in [1.54, 1.807) is 12.3 Å². The van der Waals surface area contributed by atoms with E-state index >= 15 is 0 Å². The fourth-order valence-electron chi connectivity index (χ4n) is 3.68. The van der Waals surface area contributed by atoms with Gasteiger partial charge in [0.1, 0.15) is 17.5 Å². The molecule has 1 aliphatic rings. The van der Waals surface area contributed by atoms with E-state index in [0.29, 0.717) is 17.7 Å². The third-order valence-electron chi connectivity index (χ3n) is 5.18. The summed E-state index contributed by atoms with van der Waals surface area (Å²) in [5.74, 6) is 1.40. The number of aryl methyl sites for hydroxylation is 1. The number of hydrogen-bond acceptors (Lipinski definition) is 6. The molecule has 0 bridgehead atoms. The van der Waals surface area contributed by atoms with Crippen LogP contribution in [0.4, 0.5) is 15.9 Å². The van der Waals surface area contributed by atoms with Gasteiger partial charge in [0.25, 0.3) is 0 Å². The lowest BCUT2D eigenvalue weighted by molar-refractivity contribution is 0.312. The smallest absolute Gasteiger partial charge is 0.148 e. The van der Waals surface area contributed by atoms with E-state index in [-0.39, 0.29) is 5.82 Å². The second-order valence-electron chi connectivity index (χ2n) is 7.38. The van der Waals surface area contributed by atoms with Crippen molar-refractivity contribution in [3.8, 4) is 0 Å². The van der Waals surface area contributed by atoms with Gasteiger partial charge in [0, 0.05) is 50.9 Å². The van der Waals surface area contributed by atoms with E-state index in [0.717, 1.165) is 48.9 Å². The lowest BCUT2D eigenvalue weighted by atomic mass is 10.1. The number of hydrogen-bond donors (Lipinski definition) is 0. The summed E-state index contributed by atoms with van der Waals surface area (Å²) in [6, 6.07) is 9.08. The van der Waals surface area contributed by atoms with Gasteiger partial charge in [0.2, 0.25) is 0 Å². The Balaban J connectivity index is 1.62. The Morgan fingerprint density at radius 1 is 1.11 bits per heavy atom. The Labute approximate surface area is 164 Å². The van der Waals surface area contributed by atoms with E-state index in [1.165, 1.54) is 6.07 Å². The maximum absolute atomic E-state index is 14.6. The van der Waals surface area contributed by atoms with Crippen LogP contribution in [0.3, 0.4) is 0 Å². The molecule has 6 nitrogen and oxygen atoms in total. The van der Waals surface area contributed by atoms with Crippen LogP contribution in [0.15, 0.2) is 36.5 Å². The minimum atomic E-state index is -0.279. The van der Waals surface area contributed by atoms with Gasteiger partial charge in [-0.05, 0) is 32.2 Å². The van der Waals surface area contributed by atoms with E-state index in [4.69, 9.17) is 0 Å². The fourth-order valence-corrected chi connectivity index (χ4v) is 3.68. The highest BCUT2D eigenvalue weighted by Gasteiger charge is 2.18. The van der Waals surface area contributed by atoms with Gasteiger partial charge in [-0.1, -0.05) is 6.07 Å². The molecule has 28 heavy (non-hydrogen) atoms. The SMILES string of the molecule is Cc1nc(CN(C)c2c(F)ccc3cccnc23)cc(N2CCN(C)CC2)n1. The van der Waals surface area contributed by atoms with Crippen LogP contribution in [0, 0.1) is 12.7 Å². The van der Waals surface area contributed by atoms with Crippen LogP contribution in [0.2, 0.25) is 0 Å². The Bertz CT molecular complexity index is 984. The van der Waals surface area contributed by atoms with Gasteiger partial charge in [-0.15, -0.1) is 0 Å². The molecular weight excluding hydrogens is 355 g/mol. The van der Waals surface area contributed by atoms with Crippen molar-refractivity contribution < 1.29 is 4.39 Å².